The Morgan fingerprint density at radius 1 is 1.33 bits per heavy atom. The normalized spacial score (nSPS) is 26.7. The average molecular weight is 115 g/mol. The lowest BCUT2D eigenvalue weighted by atomic mass is 10.6. The standard InChI is InChI=1S/C4H5P2/c1-2-4-6-5-3-1/h1-5H. The van der Waals surface area contributed by atoms with Gasteiger partial charge in [-0.2, -0.15) is 0 Å². The summed E-state index contributed by atoms with van der Waals surface area (Å²) in [5.41, 5.74) is 0. The molecule has 6 heavy (non-hydrogen) atoms. The zero-order valence-corrected chi connectivity index (χ0v) is 5.15. The van der Waals surface area contributed by atoms with Crippen LogP contribution in [0.15, 0.2) is 23.8 Å². The maximum atomic E-state index is 2.20. The van der Waals surface area contributed by atoms with Crippen LogP contribution in [-0.4, -0.2) is 0 Å². The van der Waals surface area contributed by atoms with E-state index >= 15 is 0 Å². The van der Waals surface area contributed by atoms with Crippen LogP contribution in [0.25, 0.3) is 0 Å². The molecule has 0 fully saturated rings. The third kappa shape index (κ3) is 1.20. The Morgan fingerprint density at radius 2 is 2.33 bits per heavy atom. The molecule has 0 saturated carbocycles. The van der Waals surface area contributed by atoms with Crippen molar-refractivity contribution >= 4 is 16.5 Å². The van der Waals surface area contributed by atoms with Crippen LogP contribution in [0.3, 0.4) is 0 Å². The molecule has 0 amide bonds. The Morgan fingerprint density at radius 3 is 2.50 bits per heavy atom. The molecule has 1 atom stereocenters. The summed E-state index contributed by atoms with van der Waals surface area (Å²) >= 11 is 0. The largest absolute Gasteiger partial charge is 0.0635 e. The van der Waals surface area contributed by atoms with E-state index < -0.39 is 0 Å². The van der Waals surface area contributed by atoms with Gasteiger partial charge in [-0.1, -0.05) is 32.1 Å². The Hall–Kier alpha value is 0.340. The fourth-order valence-corrected chi connectivity index (χ4v) is 1.86. The van der Waals surface area contributed by atoms with Crippen LogP contribution in [0, 0.1) is 0 Å². The fourth-order valence-electron chi connectivity index (χ4n) is 0.277. The van der Waals surface area contributed by atoms with Crippen LogP contribution in [-0.2, 0) is 0 Å². The summed E-state index contributed by atoms with van der Waals surface area (Å²) < 4.78 is 0. The second kappa shape index (κ2) is 2.50. The number of hydrogen-bond acceptors (Lipinski definition) is 0. The van der Waals surface area contributed by atoms with E-state index in [2.05, 4.69) is 23.8 Å². The lowest BCUT2D eigenvalue weighted by Crippen LogP contribution is -1.44. The molecule has 1 unspecified atom stereocenters. The monoisotopic (exact) mass is 115 g/mol. The molecular formula is C4H5P2. The molecule has 31 valence electrons. The Labute approximate surface area is 41.2 Å². The first kappa shape index (κ1) is 4.50. The van der Waals surface area contributed by atoms with Crippen molar-refractivity contribution in [3.05, 3.63) is 23.8 Å². The smallest absolute Gasteiger partial charge is 0.0232 e. The molecule has 0 bridgehead atoms. The van der Waals surface area contributed by atoms with E-state index in [1.54, 1.807) is 0 Å². The van der Waals surface area contributed by atoms with Gasteiger partial charge >= 0.3 is 0 Å². The first-order valence-corrected chi connectivity index (χ1v) is 4.65. The number of allylic oxidation sites excluding steroid dienone is 2. The molecule has 1 aliphatic heterocycles. The van der Waals surface area contributed by atoms with Gasteiger partial charge in [0.1, 0.15) is 0 Å². The highest BCUT2D eigenvalue weighted by atomic mass is 32.0. The van der Waals surface area contributed by atoms with Crippen LogP contribution in [0.1, 0.15) is 0 Å². The Bertz CT molecular complexity index is 71.5. The van der Waals surface area contributed by atoms with Crippen molar-refractivity contribution < 1.29 is 0 Å². The predicted molar refractivity (Wildman–Crippen MR) is 33.5 cm³/mol. The molecule has 0 spiro atoms. The lowest BCUT2D eigenvalue weighted by Gasteiger charge is -1.87. The van der Waals surface area contributed by atoms with Gasteiger partial charge in [0.2, 0.25) is 0 Å². The third-order valence-corrected chi connectivity index (χ3v) is 2.67. The first-order chi connectivity index (χ1) is 3.00. The number of hydrogen-bond donors (Lipinski definition) is 0. The van der Waals surface area contributed by atoms with Crippen LogP contribution in [0.4, 0.5) is 0 Å². The molecule has 1 rings (SSSR count). The molecule has 0 aliphatic carbocycles. The van der Waals surface area contributed by atoms with Gasteiger partial charge in [-0.15, -0.1) is 0 Å². The average Bonchev–Trinajstić information content (AvgIpc) is 1.72. The van der Waals surface area contributed by atoms with Crippen molar-refractivity contribution in [2.24, 2.45) is 0 Å². The SMILES string of the molecule is C1=C[P]PC=C1. The minimum Gasteiger partial charge on any atom is -0.0635 e. The van der Waals surface area contributed by atoms with E-state index in [0.717, 1.165) is 8.27 Å². The summed E-state index contributed by atoms with van der Waals surface area (Å²) in [5, 5.41) is 0. The summed E-state index contributed by atoms with van der Waals surface area (Å²) in [4.78, 5) is 0. The van der Waals surface area contributed by atoms with E-state index in [1.165, 1.54) is 8.27 Å². The van der Waals surface area contributed by atoms with E-state index in [4.69, 9.17) is 0 Å². The highest BCUT2D eigenvalue weighted by Gasteiger charge is 1.77. The first-order valence-electron chi connectivity index (χ1n) is 1.77. The Kier molecular flexibility index (Phi) is 1.88. The maximum absolute atomic E-state index is 2.20. The van der Waals surface area contributed by atoms with Gasteiger partial charge in [0.05, 0.1) is 0 Å². The van der Waals surface area contributed by atoms with Gasteiger partial charge in [-0.05, 0) is 8.27 Å². The van der Waals surface area contributed by atoms with Crippen molar-refractivity contribution in [2.45, 2.75) is 0 Å². The van der Waals surface area contributed by atoms with Crippen molar-refractivity contribution in [1.29, 1.82) is 0 Å². The second-order valence-electron chi connectivity index (χ2n) is 0.959. The maximum Gasteiger partial charge on any atom is -0.0232 e. The minimum absolute atomic E-state index is 1.01. The lowest BCUT2D eigenvalue weighted by molar-refractivity contribution is 2.09. The summed E-state index contributed by atoms with van der Waals surface area (Å²) in [5.74, 6) is 4.36. The quantitative estimate of drug-likeness (QED) is 0.425. The van der Waals surface area contributed by atoms with Crippen molar-refractivity contribution in [3.8, 4) is 0 Å². The summed E-state index contributed by atoms with van der Waals surface area (Å²) in [6.45, 7) is 0. The zero-order valence-electron chi connectivity index (χ0n) is 3.26. The fraction of sp³-hybridized carbons (Fsp3) is 0. The highest BCUT2D eigenvalue weighted by Crippen LogP contribution is 2.40. The number of rotatable bonds is 0. The molecule has 1 radical (unpaired) electrons. The molecule has 1 heterocycles. The third-order valence-electron chi connectivity index (χ3n) is 0.517. The minimum atomic E-state index is 1.01. The molecule has 0 N–H and O–H groups in total. The molecule has 0 saturated heterocycles. The van der Waals surface area contributed by atoms with Gasteiger partial charge < -0.3 is 0 Å². The second-order valence-corrected chi connectivity index (χ2v) is 3.66. The zero-order chi connectivity index (χ0) is 4.24. The molecular weight excluding hydrogens is 110 g/mol. The van der Waals surface area contributed by atoms with E-state index in [9.17, 15) is 0 Å². The molecule has 2 heteroatoms. The molecule has 0 aromatic heterocycles. The van der Waals surface area contributed by atoms with Crippen molar-refractivity contribution in [1.82, 2.24) is 0 Å². The summed E-state index contributed by atoms with van der Waals surface area (Å²) in [6.07, 6.45) is 4.17. The molecule has 1 aliphatic rings. The topological polar surface area (TPSA) is 0 Å². The van der Waals surface area contributed by atoms with Gasteiger partial charge in [0, 0.05) is 0 Å². The van der Waals surface area contributed by atoms with E-state index in [0.29, 0.717) is 0 Å². The molecule has 0 aromatic rings. The summed E-state index contributed by atoms with van der Waals surface area (Å²) in [6, 6.07) is 0. The van der Waals surface area contributed by atoms with Crippen LogP contribution in [0.5, 0.6) is 0 Å². The van der Waals surface area contributed by atoms with Gasteiger partial charge in [0.15, 0.2) is 0 Å². The van der Waals surface area contributed by atoms with Crippen LogP contribution in [0.2, 0.25) is 0 Å². The van der Waals surface area contributed by atoms with Crippen LogP contribution < -0.4 is 0 Å². The Balaban J connectivity index is 2.46. The highest BCUT2D eigenvalue weighted by molar-refractivity contribution is 8.14. The van der Waals surface area contributed by atoms with Gasteiger partial charge in [-0.25, -0.2) is 0 Å². The van der Waals surface area contributed by atoms with E-state index in [1.807, 2.05) is 0 Å². The summed E-state index contributed by atoms with van der Waals surface area (Å²) in [7, 11) is 2.47. The van der Waals surface area contributed by atoms with Gasteiger partial charge in [-0.3, -0.25) is 0 Å². The molecule has 0 aromatic carbocycles. The van der Waals surface area contributed by atoms with Crippen LogP contribution >= 0.6 is 16.5 Å². The van der Waals surface area contributed by atoms with Gasteiger partial charge in [0.25, 0.3) is 0 Å². The van der Waals surface area contributed by atoms with Crippen molar-refractivity contribution in [2.75, 3.05) is 0 Å². The van der Waals surface area contributed by atoms with E-state index in [-0.39, 0.29) is 0 Å². The van der Waals surface area contributed by atoms with Crippen molar-refractivity contribution in [3.63, 3.8) is 0 Å². The molecule has 0 nitrogen and oxygen atoms in total. The predicted octanol–water partition coefficient (Wildman–Crippen LogP) is 2.57.